The molecule has 0 saturated carbocycles. The third-order valence-corrected chi connectivity index (χ3v) is 13.7. The maximum absolute atomic E-state index is 13.1. The lowest BCUT2D eigenvalue weighted by atomic mass is 10.2. The summed E-state index contributed by atoms with van der Waals surface area (Å²) in [7, 11) is -6.08. The Labute approximate surface area is 171 Å². The molecule has 7 heteroatoms. The maximum atomic E-state index is 13.1. The Balaban J connectivity index is 2.31. The fraction of sp³-hybridized carbons (Fsp3) is 0.571. The van der Waals surface area contributed by atoms with E-state index in [1.807, 2.05) is 6.92 Å². The fourth-order valence-electron chi connectivity index (χ4n) is 4.48. The number of sulfonamides is 1. The summed E-state index contributed by atoms with van der Waals surface area (Å²) in [5, 5.41) is 0. The molecule has 0 N–H and O–H groups in total. The van der Waals surface area contributed by atoms with Crippen LogP contribution in [0.5, 0.6) is 0 Å². The molecule has 28 heavy (non-hydrogen) atoms. The first-order valence-electron chi connectivity index (χ1n) is 9.91. The van der Waals surface area contributed by atoms with E-state index in [0.29, 0.717) is 16.6 Å². The van der Waals surface area contributed by atoms with Crippen LogP contribution in [0.15, 0.2) is 41.3 Å². The van der Waals surface area contributed by atoms with Gasteiger partial charge < -0.3 is 4.43 Å². The molecule has 0 unspecified atom stereocenters. The van der Waals surface area contributed by atoms with E-state index in [0.717, 1.165) is 9.87 Å². The molecule has 0 radical (unpaired) electrons. The third-order valence-electron chi connectivity index (χ3n) is 5.77. The van der Waals surface area contributed by atoms with Crippen LogP contribution >= 0.6 is 0 Å². The van der Waals surface area contributed by atoms with Crippen LogP contribution in [0.4, 0.5) is 0 Å². The number of carbonyl (C=O) groups excluding carboxylic acids is 1. The van der Waals surface area contributed by atoms with Crippen LogP contribution in [0, 0.1) is 6.92 Å². The predicted molar refractivity (Wildman–Crippen MR) is 115 cm³/mol. The Morgan fingerprint density at radius 3 is 1.96 bits per heavy atom. The quantitative estimate of drug-likeness (QED) is 0.571. The number of hydrogen-bond donors (Lipinski definition) is 0. The number of hydrogen-bond acceptors (Lipinski definition) is 4. The SMILES string of the molecule is Cc1ccc(S(=O)(=O)N2C(=O)C=C[C@H]2CO[Si](C(C)C)(C(C)C)C(C)C)cc1. The van der Waals surface area contributed by atoms with Gasteiger partial charge in [-0.15, -0.1) is 0 Å². The van der Waals surface area contributed by atoms with Gasteiger partial charge in [-0.05, 0) is 35.7 Å². The fourth-order valence-corrected chi connectivity index (χ4v) is 11.4. The Hall–Kier alpha value is -1.44. The van der Waals surface area contributed by atoms with Crippen molar-refractivity contribution in [3.63, 3.8) is 0 Å². The van der Waals surface area contributed by atoms with E-state index >= 15 is 0 Å². The van der Waals surface area contributed by atoms with Crippen molar-refractivity contribution >= 4 is 24.2 Å². The first kappa shape index (κ1) is 22.8. The van der Waals surface area contributed by atoms with Crippen LogP contribution in [-0.4, -0.2) is 39.6 Å². The minimum Gasteiger partial charge on any atom is -0.414 e. The number of rotatable bonds is 8. The van der Waals surface area contributed by atoms with Gasteiger partial charge >= 0.3 is 0 Å². The maximum Gasteiger partial charge on any atom is 0.267 e. The number of benzene rings is 1. The molecule has 1 amide bonds. The van der Waals surface area contributed by atoms with Gasteiger partial charge in [-0.25, -0.2) is 12.7 Å². The normalized spacial score (nSPS) is 18.1. The number of carbonyl (C=O) groups is 1. The zero-order valence-electron chi connectivity index (χ0n) is 18.0. The highest BCUT2D eigenvalue weighted by Gasteiger charge is 2.46. The molecule has 1 aliphatic heterocycles. The molecule has 0 saturated heterocycles. The second kappa shape index (κ2) is 8.51. The number of aryl methyl sites for hydroxylation is 1. The summed E-state index contributed by atoms with van der Waals surface area (Å²) in [4.78, 5) is 12.5. The molecule has 1 aromatic rings. The van der Waals surface area contributed by atoms with E-state index in [2.05, 4.69) is 41.5 Å². The molecule has 5 nitrogen and oxygen atoms in total. The number of amides is 1. The van der Waals surface area contributed by atoms with Crippen LogP contribution < -0.4 is 0 Å². The van der Waals surface area contributed by atoms with E-state index in [1.54, 1.807) is 30.3 Å². The van der Waals surface area contributed by atoms with Crippen LogP contribution in [0.2, 0.25) is 16.6 Å². The zero-order chi connectivity index (χ0) is 21.3. The van der Waals surface area contributed by atoms with Crippen molar-refractivity contribution < 1.29 is 17.6 Å². The van der Waals surface area contributed by atoms with Crippen LogP contribution in [0.25, 0.3) is 0 Å². The molecule has 1 aliphatic rings. The molecule has 0 spiro atoms. The molecular weight excluding hydrogens is 390 g/mol. The summed E-state index contributed by atoms with van der Waals surface area (Å²) in [5.41, 5.74) is 2.12. The van der Waals surface area contributed by atoms with E-state index in [-0.39, 0.29) is 11.5 Å². The molecule has 1 aromatic carbocycles. The van der Waals surface area contributed by atoms with Crippen LogP contribution in [0.3, 0.4) is 0 Å². The van der Waals surface area contributed by atoms with Gasteiger partial charge in [0.05, 0.1) is 17.5 Å². The van der Waals surface area contributed by atoms with Crippen molar-refractivity contribution in [2.45, 2.75) is 76.0 Å². The van der Waals surface area contributed by atoms with Crippen molar-refractivity contribution in [1.29, 1.82) is 0 Å². The van der Waals surface area contributed by atoms with Crippen molar-refractivity contribution in [3.05, 3.63) is 42.0 Å². The summed E-state index contributed by atoms with van der Waals surface area (Å²) < 4.78 is 33.8. The monoisotopic (exact) mass is 423 g/mol. The molecule has 1 atom stereocenters. The van der Waals surface area contributed by atoms with E-state index in [1.165, 1.54) is 6.08 Å². The van der Waals surface area contributed by atoms with E-state index in [9.17, 15) is 13.2 Å². The summed E-state index contributed by atoms with van der Waals surface area (Å²) >= 11 is 0. The summed E-state index contributed by atoms with van der Waals surface area (Å²) in [5.74, 6) is -0.514. The molecule has 0 bridgehead atoms. The highest BCUT2D eigenvalue weighted by Crippen LogP contribution is 2.42. The summed E-state index contributed by atoms with van der Waals surface area (Å²) in [6.45, 7) is 15.2. The number of nitrogens with zero attached hydrogens (tertiary/aromatic N) is 1. The lowest BCUT2D eigenvalue weighted by Crippen LogP contribution is -2.51. The predicted octanol–water partition coefficient (Wildman–Crippen LogP) is 4.64. The second-order valence-corrected chi connectivity index (χ2v) is 15.8. The van der Waals surface area contributed by atoms with E-state index in [4.69, 9.17) is 4.43 Å². The lowest BCUT2D eigenvalue weighted by molar-refractivity contribution is -0.121. The molecule has 0 aliphatic carbocycles. The van der Waals surface area contributed by atoms with Crippen molar-refractivity contribution in [1.82, 2.24) is 4.31 Å². The average Bonchev–Trinajstić information content (AvgIpc) is 2.96. The lowest BCUT2D eigenvalue weighted by Gasteiger charge is -2.43. The van der Waals surface area contributed by atoms with Gasteiger partial charge in [0.2, 0.25) is 0 Å². The topological polar surface area (TPSA) is 63.7 Å². The minimum atomic E-state index is -3.93. The summed E-state index contributed by atoms with van der Waals surface area (Å²) in [6, 6.07) is 5.95. The van der Waals surface area contributed by atoms with Crippen LogP contribution in [-0.2, 0) is 19.2 Å². The first-order chi connectivity index (χ1) is 12.9. The zero-order valence-corrected chi connectivity index (χ0v) is 19.8. The van der Waals surface area contributed by atoms with E-state index < -0.39 is 30.3 Å². The van der Waals surface area contributed by atoms with Crippen molar-refractivity contribution in [2.24, 2.45) is 0 Å². The highest BCUT2D eigenvalue weighted by molar-refractivity contribution is 7.89. The van der Waals surface area contributed by atoms with Gasteiger partial charge in [0.25, 0.3) is 15.9 Å². The van der Waals surface area contributed by atoms with Gasteiger partial charge in [0.15, 0.2) is 8.32 Å². The molecular formula is C21H33NO4SSi. The van der Waals surface area contributed by atoms with Gasteiger partial charge in [0.1, 0.15) is 0 Å². The van der Waals surface area contributed by atoms with Gasteiger partial charge in [-0.3, -0.25) is 4.79 Å². The second-order valence-electron chi connectivity index (χ2n) is 8.51. The Bertz CT molecular complexity index is 807. The Morgan fingerprint density at radius 1 is 1.00 bits per heavy atom. The molecule has 156 valence electrons. The molecule has 0 aromatic heterocycles. The standard InChI is InChI=1S/C21H33NO4SSi/c1-15(2)28(16(3)4,17(5)6)26-14-19-10-13-21(23)22(19)27(24,25)20-11-8-18(7)9-12-20/h8-13,15-17,19H,14H2,1-7H3/t19-/m0/s1. The smallest absolute Gasteiger partial charge is 0.267 e. The average molecular weight is 424 g/mol. The van der Waals surface area contributed by atoms with Crippen molar-refractivity contribution in [2.75, 3.05) is 6.61 Å². The first-order valence-corrected chi connectivity index (χ1v) is 13.5. The minimum absolute atomic E-state index is 0.125. The highest BCUT2D eigenvalue weighted by atomic mass is 32.2. The molecule has 2 rings (SSSR count). The largest absolute Gasteiger partial charge is 0.414 e. The molecule has 0 fully saturated rings. The van der Waals surface area contributed by atoms with Gasteiger partial charge in [-0.1, -0.05) is 65.3 Å². The summed E-state index contributed by atoms with van der Waals surface area (Å²) in [6.07, 6.45) is 2.98. The van der Waals surface area contributed by atoms with Gasteiger partial charge in [-0.2, -0.15) is 0 Å². The van der Waals surface area contributed by atoms with Crippen molar-refractivity contribution in [3.8, 4) is 0 Å². The third kappa shape index (κ3) is 4.11. The molecule has 1 heterocycles. The Kier molecular flexibility index (Phi) is 6.94. The van der Waals surface area contributed by atoms with Gasteiger partial charge in [0, 0.05) is 6.08 Å². The Morgan fingerprint density at radius 2 is 1.50 bits per heavy atom. The van der Waals surface area contributed by atoms with Crippen LogP contribution in [0.1, 0.15) is 47.1 Å².